The van der Waals surface area contributed by atoms with Gasteiger partial charge in [0, 0.05) is 12.1 Å². The third kappa shape index (κ3) is 4.24. The Labute approximate surface area is 204 Å². The first-order valence-electron chi connectivity index (χ1n) is 11.3. The summed E-state index contributed by atoms with van der Waals surface area (Å²) in [6, 6.07) is 22.8. The van der Waals surface area contributed by atoms with Crippen LogP contribution in [-0.4, -0.2) is 35.4 Å². The van der Waals surface area contributed by atoms with E-state index in [0.29, 0.717) is 17.4 Å². The Bertz CT molecular complexity index is 1350. The summed E-state index contributed by atoms with van der Waals surface area (Å²) in [5.41, 5.74) is 5.75. The Morgan fingerprint density at radius 2 is 1.71 bits per heavy atom. The molecule has 1 aliphatic rings. The van der Waals surface area contributed by atoms with Gasteiger partial charge in [-0.2, -0.15) is 0 Å². The molecule has 1 aromatic heterocycles. The minimum atomic E-state index is 0.0196. The molecule has 0 bridgehead atoms. The molecule has 3 aromatic carbocycles. The predicted molar refractivity (Wildman–Crippen MR) is 134 cm³/mol. The third-order valence-corrected chi connectivity index (χ3v) is 6.60. The average molecular weight is 474 g/mol. The van der Waals surface area contributed by atoms with Crippen molar-refractivity contribution in [1.29, 1.82) is 0 Å². The predicted octanol–water partition coefficient (Wildman–Crippen LogP) is 5.80. The highest BCUT2D eigenvalue weighted by atomic mass is 32.1. The van der Waals surface area contributed by atoms with Crippen LogP contribution in [0.5, 0.6) is 11.5 Å². The number of hydrogen-bond donors (Lipinski definition) is 0. The van der Waals surface area contributed by atoms with Gasteiger partial charge in [0.2, 0.25) is 5.89 Å². The molecule has 0 aliphatic carbocycles. The van der Waals surface area contributed by atoms with Gasteiger partial charge >= 0.3 is 0 Å². The molecule has 1 atom stereocenters. The molecular formula is C27H27N3O3S. The summed E-state index contributed by atoms with van der Waals surface area (Å²) in [6.45, 7) is 3.42. The molecule has 2 heterocycles. The van der Waals surface area contributed by atoms with E-state index in [4.69, 9.17) is 31.2 Å². The van der Waals surface area contributed by atoms with Crippen LogP contribution in [0.15, 0.2) is 71.1 Å². The molecule has 7 heteroatoms. The number of rotatable bonds is 6. The second-order valence-electron chi connectivity index (χ2n) is 8.46. The zero-order valence-electron chi connectivity index (χ0n) is 19.5. The molecular weight excluding hydrogens is 446 g/mol. The first-order valence-corrected chi connectivity index (χ1v) is 11.7. The summed E-state index contributed by atoms with van der Waals surface area (Å²) < 4.78 is 18.8. The van der Waals surface area contributed by atoms with Gasteiger partial charge in [0.05, 0.1) is 26.9 Å². The molecule has 0 radical (unpaired) electrons. The van der Waals surface area contributed by atoms with Crippen LogP contribution in [0.25, 0.3) is 11.5 Å². The Kier molecular flexibility index (Phi) is 6.22. The maximum absolute atomic E-state index is 5.86. The highest BCUT2D eigenvalue weighted by Crippen LogP contribution is 2.41. The van der Waals surface area contributed by atoms with Gasteiger partial charge in [-0.3, -0.25) is 4.90 Å². The van der Waals surface area contributed by atoms with Gasteiger partial charge in [0.15, 0.2) is 11.5 Å². The van der Waals surface area contributed by atoms with Crippen LogP contribution in [0.4, 0.5) is 0 Å². The van der Waals surface area contributed by atoms with E-state index in [1.165, 1.54) is 22.3 Å². The third-order valence-electron chi connectivity index (χ3n) is 6.31. The smallest absolute Gasteiger partial charge is 0.288 e. The lowest BCUT2D eigenvalue weighted by atomic mass is 9.88. The number of ether oxygens (including phenoxy) is 2. The Morgan fingerprint density at radius 1 is 1.00 bits per heavy atom. The molecule has 1 aliphatic heterocycles. The van der Waals surface area contributed by atoms with Gasteiger partial charge < -0.3 is 13.9 Å². The number of nitrogens with zero attached hydrogens (tertiary/aromatic N) is 3. The fourth-order valence-corrected chi connectivity index (χ4v) is 4.73. The molecule has 0 saturated heterocycles. The highest BCUT2D eigenvalue weighted by molar-refractivity contribution is 7.71. The lowest BCUT2D eigenvalue weighted by Crippen LogP contribution is -2.37. The van der Waals surface area contributed by atoms with Gasteiger partial charge in [0.1, 0.15) is 0 Å². The molecule has 0 spiro atoms. The van der Waals surface area contributed by atoms with Crippen molar-refractivity contribution >= 4 is 12.2 Å². The van der Waals surface area contributed by atoms with Crippen molar-refractivity contribution < 1.29 is 13.9 Å². The first kappa shape index (κ1) is 22.4. The zero-order valence-corrected chi connectivity index (χ0v) is 20.3. The number of methoxy groups -OCH3 is 2. The lowest BCUT2D eigenvalue weighted by molar-refractivity contribution is 0.153. The maximum Gasteiger partial charge on any atom is 0.288 e. The van der Waals surface area contributed by atoms with Crippen molar-refractivity contribution in [1.82, 2.24) is 14.7 Å². The first-order chi connectivity index (χ1) is 16.6. The topological polar surface area (TPSA) is 52.7 Å². The van der Waals surface area contributed by atoms with E-state index < -0.39 is 0 Å². The quantitative estimate of drug-likeness (QED) is 0.330. The summed E-state index contributed by atoms with van der Waals surface area (Å²) >= 11 is 5.54. The van der Waals surface area contributed by atoms with E-state index in [2.05, 4.69) is 48.2 Å². The van der Waals surface area contributed by atoms with Crippen molar-refractivity contribution in [3.05, 3.63) is 93.8 Å². The minimum absolute atomic E-state index is 0.0196. The average Bonchev–Trinajstić information content (AvgIpc) is 3.23. The van der Waals surface area contributed by atoms with Crippen LogP contribution >= 0.6 is 12.2 Å². The molecule has 34 heavy (non-hydrogen) atoms. The molecule has 0 N–H and O–H groups in total. The minimum Gasteiger partial charge on any atom is -0.493 e. The Hall–Kier alpha value is -3.42. The number of aryl methyl sites for hydroxylation is 1. The lowest BCUT2D eigenvalue weighted by Gasteiger charge is -2.37. The molecule has 0 amide bonds. The van der Waals surface area contributed by atoms with Crippen LogP contribution in [0.3, 0.4) is 0 Å². The number of hydrogen-bond acceptors (Lipinski definition) is 6. The zero-order chi connectivity index (χ0) is 23.7. The van der Waals surface area contributed by atoms with E-state index in [1.807, 2.05) is 30.3 Å². The van der Waals surface area contributed by atoms with Crippen LogP contribution in [0.1, 0.15) is 28.3 Å². The number of aromatic nitrogens is 2. The van der Waals surface area contributed by atoms with Crippen LogP contribution in [0.2, 0.25) is 0 Å². The molecule has 0 fully saturated rings. The summed E-state index contributed by atoms with van der Waals surface area (Å²) in [5, 5.41) is 4.71. The fourth-order valence-electron chi connectivity index (χ4n) is 4.56. The normalized spacial score (nSPS) is 15.7. The van der Waals surface area contributed by atoms with Crippen LogP contribution < -0.4 is 9.47 Å². The van der Waals surface area contributed by atoms with Gasteiger partial charge in [0.25, 0.3) is 4.84 Å². The van der Waals surface area contributed by atoms with Gasteiger partial charge in [-0.15, -0.1) is 5.10 Å². The molecule has 4 aromatic rings. The van der Waals surface area contributed by atoms with Crippen molar-refractivity contribution in [2.75, 3.05) is 20.8 Å². The Morgan fingerprint density at radius 3 is 2.41 bits per heavy atom. The van der Waals surface area contributed by atoms with Gasteiger partial charge in [-0.05, 0) is 66.5 Å². The molecule has 174 valence electrons. The monoisotopic (exact) mass is 473 g/mol. The van der Waals surface area contributed by atoms with Gasteiger partial charge in [-0.25, -0.2) is 4.68 Å². The summed E-state index contributed by atoms with van der Waals surface area (Å²) in [6.07, 6.45) is 0.884. The van der Waals surface area contributed by atoms with Gasteiger partial charge in [-0.1, -0.05) is 48.0 Å². The molecule has 0 saturated carbocycles. The molecule has 1 unspecified atom stereocenters. The standard InChI is InChI=1S/C27H27N3O3S/c1-18-9-11-20(12-10-18)26-28-30(27(34)33-26)17-29-14-13-21-15-23(31-2)24(32-3)16-22(21)25(29)19-7-5-4-6-8-19/h4-12,15-16,25H,13-14,17H2,1-3H3. The Balaban J connectivity index is 1.53. The molecule has 6 nitrogen and oxygen atoms in total. The maximum atomic E-state index is 5.86. The second kappa shape index (κ2) is 9.44. The van der Waals surface area contributed by atoms with Crippen molar-refractivity contribution in [3.8, 4) is 23.0 Å². The number of benzene rings is 3. The summed E-state index contributed by atoms with van der Waals surface area (Å²) in [7, 11) is 3.34. The van der Waals surface area contributed by atoms with Crippen LogP contribution in [-0.2, 0) is 13.1 Å². The summed E-state index contributed by atoms with van der Waals surface area (Å²) in [4.78, 5) is 2.74. The fraction of sp³-hybridized carbons (Fsp3) is 0.259. The number of fused-ring (bicyclic) bond motifs is 1. The van der Waals surface area contributed by atoms with Crippen LogP contribution in [0, 0.1) is 11.8 Å². The highest BCUT2D eigenvalue weighted by Gasteiger charge is 2.31. The van der Waals surface area contributed by atoms with E-state index in [-0.39, 0.29) is 6.04 Å². The van der Waals surface area contributed by atoms with Crippen molar-refractivity contribution in [3.63, 3.8) is 0 Å². The van der Waals surface area contributed by atoms with Crippen molar-refractivity contribution in [2.24, 2.45) is 0 Å². The van der Waals surface area contributed by atoms with Crippen molar-refractivity contribution in [2.45, 2.75) is 26.1 Å². The second-order valence-corrected chi connectivity index (χ2v) is 8.81. The SMILES string of the molecule is COc1cc2c(cc1OC)C(c1ccccc1)N(Cn1nc(-c3ccc(C)cc3)oc1=S)CC2. The van der Waals surface area contributed by atoms with E-state index >= 15 is 0 Å². The van der Waals surface area contributed by atoms with E-state index in [9.17, 15) is 0 Å². The largest absolute Gasteiger partial charge is 0.493 e. The van der Waals surface area contributed by atoms with E-state index in [1.54, 1.807) is 18.9 Å². The molecule has 5 rings (SSSR count). The summed E-state index contributed by atoms with van der Waals surface area (Å²) in [5.74, 6) is 2.01. The van der Waals surface area contributed by atoms with E-state index in [0.717, 1.165) is 30.0 Å².